The van der Waals surface area contributed by atoms with Gasteiger partial charge in [0.05, 0.1) is 0 Å². The van der Waals surface area contributed by atoms with Gasteiger partial charge in [-0.3, -0.25) is 9.78 Å². The van der Waals surface area contributed by atoms with Crippen LogP contribution in [0.5, 0.6) is 0 Å². The molecule has 0 spiro atoms. The molecule has 0 aliphatic rings. The molecule has 76 valence electrons. The summed E-state index contributed by atoms with van der Waals surface area (Å²) in [6, 6.07) is 2.08. The molecule has 14 heavy (non-hydrogen) atoms. The first-order valence-corrected chi connectivity index (χ1v) is 4.78. The molecule has 0 unspecified atom stereocenters. The molecule has 0 aliphatic heterocycles. The second-order valence-electron chi connectivity index (χ2n) is 3.69. The number of rotatable bonds is 3. The zero-order valence-electron chi connectivity index (χ0n) is 8.87. The van der Waals surface area contributed by atoms with Gasteiger partial charge in [-0.2, -0.15) is 0 Å². The highest BCUT2D eigenvalue weighted by atomic mass is 16.1. The third-order valence-corrected chi connectivity index (χ3v) is 2.02. The number of carbonyl (C=O) groups is 1. The van der Waals surface area contributed by atoms with Crippen molar-refractivity contribution in [1.82, 2.24) is 10.3 Å². The molecule has 3 heteroatoms. The van der Waals surface area contributed by atoms with Gasteiger partial charge < -0.3 is 5.32 Å². The standard InChI is InChI=1S/C11H16N2O/c1-8(2)11-4-10(5-12-7-11)6-13-9(3)14/h4-5,7-8H,6H2,1-3H3,(H,13,14). The highest BCUT2D eigenvalue weighted by Crippen LogP contribution is 2.13. The van der Waals surface area contributed by atoms with Crippen molar-refractivity contribution in [2.75, 3.05) is 0 Å². The first kappa shape index (κ1) is 10.7. The Bertz CT molecular complexity index is 321. The molecule has 1 heterocycles. The molecule has 0 saturated heterocycles. The maximum atomic E-state index is 10.7. The summed E-state index contributed by atoms with van der Waals surface area (Å²) in [5.74, 6) is 0.458. The van der Waals surface area contributed by atoms with Gasteiger partial charge in [-0.1, -0.05) is 19.9 Å². The van der Waals surface area contributed by atoms with Crippen LogP contribution in [0, 0.1) is 0 Å². The van der Waals surface area contributed by atoms with Crippen LogP contribution in [0.4, 0.5) is 0 Å². The number of hydrogen-bond acceptors (Lipinski definition) is 2. The lowest BCUT2D eigenvalue weighted by atomic mass is 10.0. The summed E-state index contributed by atoms with van der Waals surface area (Å²) in [4.78, 5) is 14.8. The number of nitrogens with zero attached hydrogens (tertiary/aromatic N) is 1. The van der Waals surface area contributed by atoms with E-state index in [1.807, 2.05) is 6.20 Å². The molecule has 0 aromatic carbocycles. The van der Waals surface area contributed by atoms with E-state index in [0.717, 1.165) is 5.56 Å². The van der Waals surface area contributed by atoms with E-state index in [-0.39, 0.29) is 5.91 Å². The number of amides is 1. The van der Waals surface area contributed by atoms with Crippen LogP contribution >= 0.6 is 0 Å². The Kier molecular flexibility index (Phi) is 3.63. The summed E-state index contributed by atoms with van der Waals surface area (Å²) in [6.07, 6.45) is 3.64. The number of nitrogens with one attached hydrogen (secondary N) is 1. The SMILES string of the molecule is CC(=O)NCc1cncc(C(C)C)c1. The summed E-state index contributed by atoms with van der Waals surface area (Å²) in [6.45, 7) is 6.32. The molecule has 3 nitrogen and oxygen atoms in total. The van der Waals surface area contributed by atoms with Crippen LogP contribution in [0.25, 0.3) is 0 Å². The average Bonchev–Trinajstić information content (AvgIpc) is 2.15. The average molecular weight is 192 g/mol. The quantitative estimate of drug-likeness (QED) is 0.794. The van der Waals surface area contributed by atoms with Crippen molar-refractivity contribution in [3.05, 3.63) is 29.6 Å². The Morgan fingerprint density at radius 2 is 2.21 bits per heavy atom. The van der Waals surface area contributed by atoms with Crippen LogP contribution < -0.4 is 5.32 Å². The van der Waals surface area contributed by atoms with Gasteiger partial charge >= 0.3 is 0 Å². The molecule has 0 saturated carbocycles. The molecule has 1 N–H and O–H groups in total. The molecular weight excluding hydrogens is 176 g/mol. The van der Waals surface area contributed by atoms with Crippen molar-refractivity contribution in [1.29, 1.82) is 0 Å². The van der Waals surface area contributed by atoms with Gasteiger partial charge in [-0.05, 0) is 17.0 Å². The summed E-state index contributed by atoms with van der Waals surface area (Å²) in [5.41, 5.74) is 2.25. The largest absolute Gasteiger partial charge is 0.352 e. The molecule has 1 amide bonds. The van der Waals surface area contributed by atoms with Gasteiger partial charge in [0.15, 0.2) is 0 Å². The maximum absolute atomic E-state index is 10.7. The molecule has 0 aliphatic carbocycles. The minimum Gasteiger partial charge on any atom is -0.352 e. The lowest BCUT2D eigenvalue weighted by Crippen LogP contribution is -2.19. The van der Waals surface area contributed by atoms with Crippen molar-refractivity contribution in [2.45, 2.75) is 33.2 Å². The number of hydrogen-bond donors (Lipinski definition) is 1. The monoisotopic (exact) mass is 192 g/mol. The Morgan fingerprint density at radius 1 is 1.50 bits per heavy atom. The Morgan fingerprint density at radius 3 is 2.79 bits per heavy atom. The molecule has 1 rings (SSSR count). The second kappa shape index (κ2) is 4.74. The maximum Gasteiger partial charge on any atom is 0.217 e. The van der Waals surface area contributed by atoms with Gasteiger partial charge in [-0.25, -0.2) is 0 Å². The topological polar surface area (TPSA) is 42.0 Å². The Labute approximate surface area is 84.6 Å². The molecule has 1 aromatic heterocycles. The van der Waals surface area contributed by atoms with E-state index in [1.165, 1.54) is 12.5 Å². The van der Waals surface area contributed by atoms with E-state index in [2.05, 4.69) is 30.2 Å². The van der Waals surface area contributed by atoms with Crippen molar-refractivity contribution in [2.24, 2.45) is 0 Å². The highest BCUT2D eigenvalue weighted by Gasteiger charge is 2.01. The van der Waals surface area contributed by atoms with Gasteiger partial charge in [0.2, 0.25) is 5.91 Å². The van der Waals surface area contributed by atoms with Crippen molar-refractivity contribution < 1.29 is 4.79 Å². The predicted octanol–water partition coefficient (Wildman–Crippen LogP) is 1.84. The minimum atomic E-state index is -0.0139. The summed E-state index contributed by atoms with van der Waals surface area (Å²) >= 11 is 0. The molecule has 0 radical (unpaired) electrons. The first-order valence-electron chi connectivity index (χ1n) is 4.78. The van der Waals surface area contributed by atoms with E-state index >= 15 is 0 Å². The van der Waals surface area contributed by atoms with Gasteiger partial charge in [0.25, 0.3) is 0 Å². The van der Waals surface area contributed by atoms with Crippen LogP contribution in [-0.4, -0.2) is 10.9 Å². The molecule has 0 bridgehead atoms. The third kappa shape index (κ3) is 3.17. The van der Waals surface area contributed by atoms with E-state index in [1.54, 1.807) is 6.20 Å². The van der Waals surface area contributed by atoms with Crippen molar-refractivity contribution >= 4 is 5.91 Å². The smallest absolute Gasteiger partial charge is 0.217 e. The van der Waals surface area contributed by atoms with E-state index in [0.29, 0.717) is 12.5 Å². The lowest BCUT2D eigenvalue weighted by Gasteiger charge is -2.07. The zero-order valence-corrected chi connectivity index (χ0v) is 8.87. The predicted molar refractivity (Wildman–Crippen MR) is 55.8 cm³/mol. The molecular formula is C11H16N2O. The van der Waals surface area contributed by atoms with E-state index < -0.39 is 0 Å². The van der Waals surface area contributed by atoms with E-state index in [4.69, 9.17) is 0 Å². The Hall–Kier alpha value is -1.38. The van der Waals surface area contributed by atoms with Crippen molar-refractivity contribution in [3.63, 3.8) is 0 Å². The number of pyridine rings is 1. The number of aromatic nitrogens is 1. The second-order valence-corrected chi connectivity index (χ2v) is 3.69. The zero-order chi connectivity index (χ0) is 10.6. The fourth-order valence-electron chi connectivity index (χ4n) is 1.15. The van der Waals surface area contributed by atoms with Crippen LogP contribution in [-0.2, 0) is 11.3 Å². The van der Waals surface area contributed by atoms with Crippen LogP contribution in [0.2, 0.25) is 0 Å². The normalized spacial score (nSPS) is 10.3. The summed E-state index contributed by atoms with van der Waals surface area (Å²) in [7, 11) is 0. The molecule has 1 aromatic rings. The van der Waals surface area contributed by atoms with Crippen LogP contribution in [0.1, 0.15) is 37.8 Å². The Balaban J connectivity index is 2.68. The van der Waals surface area contributed by atoms with E-state index in [9.17, 15) is 4.79 Å². The number of carbonyl (C=O) groups excluding carboxylic acids is 1. The van der Waals surface area contributed by atoms with Gasteiger partial charge in [0, 0.05) is 25.9 Å². The molecule has 0 atom stereocenters. The van der Waals surface area contributed by atoms with Gasteiger partial charge in [-0.15, -0.1) is 0 Å². The van der Waals surface area contributed by atoms with Crippen molar-refractivity contribution in [3.8, 4) is 0 Å². The minimum absolute atomic E-state index is 0.0139. The lowest BCUT2D eigenvalue weighted by molar-refractivity contribution is -0.119. The summed E-state index contributed by atoms with van der Waals surface area (Å²) in [5, 5.41) is 2.75. The van der Waals surface area contributed by atoms with Crippen LogP contribution in [0.15, 0.2) is 18.5 Å². The van der Waals surface area contributed by atoms with Crippen LogP contribution in [0.3, 0.4) is 0 Å². The molecule has 0 fully saturated rings. The first-order chi connectivity index (χ1) is 6.59. The fraction of sp³-hybridized carbons (Fsp3) is 0.455. The summed E-state index contributed by atoms with van der Waals surface area (Å²) < 4.78 is 0. The highest BCUT2D eigenvalue weighted by molar-refractivity contribution is 5.72. The third-order valence-electron chi connectivity index (χ3n) is 2.02. The fourth-order valence-corrected chi connectivity index (χ4v) is 1.15. The van der Waals surface area contributed by atoms with Gasteiger partial charge in [0.1, 0.15) is 0 Å².